The highest BCUT2D eigenvalue weighted by molar-refractivity contribution is 9.13. The Kier molecular flexibility index (Phi) is 7.20. The molecule has 0 spiro atoms. The Bertz CT molecular complexity index is 1330. The molecule has 1 aromatic heterocycles. The van der Waals surface area contributed by atoms with Crippen molar-refractivity contribution in [2.24, 2.45) is 4.99 Å². The van der Waals surface area contributed by atoms with Crippen LogP contribution in [0.2, 0.25) is 0 Å². The summed E-state index contributed by atoms with van der Waals surface area (Å²) in [4.78, 5) is 9.27. The number of ether oxygens (including phenoxy) is 1. The third kappa shape index (κ3) is 4.99. The van der Waals surface area contributed by atoms with E-state index in [-0.39, 0.29) is 5.75 Å². The van der Waals surface area contributed by atoms with Crippen molar-refractivity contribution in [3.05, 3.63) is 68.6 Å². The molecule has 1 atom stereocenters. The van der Waals surface area contributed by atoms with Gasteiger partial charge in [-0.2, -0.15) is 0 Å². The number of aromatic hydroxyl groups is 1. The first-order chi connectivity index (χ1) is 15.9. The van der Waals surface area contributed by atoms with Crippen LogP contribution in [0.1, 0.15) is 44.2 Å². The molecular formula is C26H24Br2N2O3. The average molecular weight is 572 g/mol. The van der Waals surface area contributed by atoms with Gasteiger partial charge in [-0.3, -0.25) is 4.99 Å². The first-order valence-corrected chi connectivity index (χ1v) is 12.4. The lowest BCUT2D eigenvalue weighted by Gasteiger charge is -2.11. The molecule has 0 aliphatic rings. The molecule has 0 amide bonds. The molecular weight excluding hydrogens is 548 g/mol. The number of benzene rings is 3. The molecule has 4 rings (SSSR count). The number of oxazole rings is 1. The van der Waals surface area contributed by atoms with Crippen molar-refractivity contribution >= 4 is 54.9 Å². The lowest BCUT2D eigenvalue weighted by molar-refractivity contribution is 0.317. The third-order valence-electron chi connectivity index (χ3n) is 5.52. The molecule has 0 fully saturated rings. The lowest BCUT2D eigenvalue weighted by Crippen LogP contribution is -1.95. The molecule has 7 heteroatoms. The van der Waals surface area contributed by atoms with E-state index in [4.69, 9.17) is 14.1 Å². The number of halogens is 2. The summed E-state index contributed by atoms with van der Waals surface area (Å²) >= 11 is 6.99. The minimum absolute atomic E-state index is 0.0305. The number of fused-ring (bicyclic) bond motifs is 1. The number of hydrogen-bond acceptors (Lipinski definition) is 5. The second-order valence-electron chi connectivity index (χ2n) is 7.73. The van der Waals surface area contributed by atoms with Crippen molar-refractivity contribution in [1.82, 2.24) is 4.98 Å². The van der Waals surface area contributed by atoms with Gasteiger partial charge in [-0.1, -0.05) is 26.0 Å². The van der Waals surface area contributed by atoms with Crippen LogP contribution < -0.4 is 4.74 Å². The summed E-state index contributed by atoms with van der Waals surface area (Å²) in [7, 11) is 0. The highest BCUT2D eigenvalue weighted by Gasteiger charge is 2.15. The molecule has 170 valence electrons. The molecule has 1 N–H and O–H groups in total. The first kappa shape index (κ1) is 23.5. The number of aromatic nitrogens is 1. The monoisotopic (exact) mass is 570 g/mol. The van der Waals surface area contributed by atoms with Crippen LogP contribution in [0.3, 0.4) is 0 Å². The SMILES string of the molecule is CCOc1cc(Br)c(Br)c(C=Nc2cccc(-c3nc4cc([C@H](C)CC)ccc4o3)c2)c1O. The first-order valence-electron chi connectivity index (χ1n) is 10.8. The number of phenolic OH excluding ortho intramolecular Hbond substituents is 1. The zero-order valence-electron chi connectivity index (χ0n) is 18.6. The molecule has 4 aromatic rings. The van der Waals surface area contributed by atoms with Crippen LogP contribution in [0.4, 0.5) is 5.69 Å². The molecule has 33 heavy (non-hydrogen) atoms. The summed E-state index contributed by atoms with van der Waals surface area (Å²) in [6.45, 7) is 6.71. The molecule has 0 aliphatic carbocycles. The van der Waals surface area contributed by atoms with E-state index in [2.05, 4.69) is 62.8 Å². The topological polar surface area (TPSA) is 67.9 Å². The Morgan fingerprint density at radius 2 is 1.97 bits per heavy atom. The van der Waals surface area contributed by atoms with Crippen LogP contribution in [0, 0.1) is 0 Å². The smallest absolute Gasteiger partial charge is 0.227 e. The zero-order valence-corrected chi connectivity index (χ0v) is 21.8. The van der Waals surface area contributed by atoms with Gasteiger partial charge in [-0.25, -0.2) is 4.98 Å². The fraction of sp³-hybridized carbons (Fsp3) is 0.231. The lowest BCUT2D eigenvalue weighted by atomic mass is 9.98. The summed E-state index contributed by atoms with van der Waals surface area (Å²) < 4.78 is 13.0. The van der Waals surface area contributed by atoms with Gasteiger partial charge in [0.15, 0.2) is 17.1 Å². The average Bonchev–Trinajstić information content (AvgIpc) is 3.26. The van der Waals surface area contributed by atoms with Gasteiger partial charge in [-0.05, 0) is 93.1 Å². The van der Waals surface area contributed by atoms with Crippen LogP contribution in [0.15, 0.2) is 66.9 Å². The molecule has 0 unspecified atom stereocenters. The van der Waals surface area contributed by atoms with Crippen LogP contribution in [0.5, 0.6) is 11.5 Å². The Balaban J connectivity index is 1.66. The second-order valence-corrected chi connectivity index (χ2v) is 9.38. The van der Waals surface area contributed by atoms with Crippen LogP contribution >= 0.6 is 31.9 Å². The normalized spacial score (nSPS) is 12.5. The van der Waals surface area contributed by atoms with E-state index in [0.717, 1.165) is 27.6 Å². The van der Waals surface area contributed by atoms with Crippen molar-refractivity contribution in [2.45, 2.75) is 33.1 Å². The van der Waals surface area contributed by atoms with E-state index in [9.17, 15) is 5.11 Å². The van der Waals surface area contributed by atoms with Crippen molar-refractivity contribution < 1.29 is 14.3 Å². The predicted octanol–water partition coefficient (Wildman–Crippen LogP) is 8.39. The maximum Gasteiger partial charge on any atom is 0.227 e. The second kappa shape index (κ2) is 10.1. The Labute approximate surface area is 209 Å². The van der Waals surface area contributed by atoms with Crippen molar-refractivity contribution in [3.8, 4) is 23.0 Å². The summed E-state index contributed by atoms with van der Waals surface area (Å²) in [6, 6.07) is 15.5. The highest BCUT2D eigenvalue weighted by Crippen LogP contribution is 2.40. The number of rotatable bonds is 7. The Hall–Kier alpha value is -2.64. The van der Waals surface area contributed by atoms with Crippen molar-refractivity contribution in [1.29, 1.82) is 0 Å². The molecule has 5 nitrogen and oxygen atoms in total. The Morgan fingerprint density at radius 3 is 2.73 bits per heavy atom. The molecule has 0 radical (unpaired) electrons. The van der Waals surface area contributed by atoms with Gasteiger partial charge in [0, 0.05) is 20.7 Å². The highest BCUT2D eigenvalue weighted by atomic mass is 79.9. The third-order valence-corrected chi connectivity index (χ3v) is 7.53. The molecule has 3 aromatic carbocycles. The maximum atomic E-state index is 10.6. The fourth-order valence-corrected chi connectivity index (χ4v) is 4.29. The largest absolute Gasteiger partial charge is 0.504 e. The van der Waals surface area contributed by atoms with E-state index >= 15 is 0 Å². The molecule has 0 saturated heterocycles. The maximum absolute atomic E-state index is 10.6. The molecule has 0 bridgehead atoms. The van der Waals surface area contributed by atoms with Crippen LogP contribution in [-0.4, -0.2) is 22.9 Å². The Morgan fingerprint density at radius 1 is 1.15 bits per heavy atom. The predicted molar refractivity (Wildman–Crippen MR) is 140 cm³/mol. The van der Waals surface area contributed by atoms with Gasteiger partial charge in [0.2, 0.25) is 5.89 Å². The van der Waals surface area contributed by atoms with Gasteiger partial charge >= 0.3 is 0 Å². The minimum Gasteiger partial charge on any atom is -0.504 e. The van der Waals surface area contributed by atoms with Gasteiger partial charge in [-0.15, -0.1) is 0 Å². The summed E-state index contributed by atoms with van der Waals surface area (Å²) in [5.74, 6) is 1.45. The quantitative estimate of drug-likeness (QED) is 0.226. The molecule has 0 saturated carbocycles. The molecule has 1 heterocycles. The standard InChI is InChI=1S/C26H24Br2N2O3/c1-4-15(3)16-9-10-22-21(12-16)30-26(33-22)17-7-6-8-18(11-17)29-14-19-24(28)20(27)13-23(25(19)31)32-5-2/h6-15,31H,4-5H2,1-3H3/t15-/m1/s1. The molecule has 0 aliphatic heterocycles. The number of phenols is 1. The van der Waals surface area contributed by atoms with Gasteiger partial charge < -0.3 is 14.3 Å². The van der Waals surface area contributed by atoms with Crippen molar-refractivity contribution in [3.63, 3.8) is 0 Å². The van der Waals surface area contributed by atoms with Gasteiger partial charge in [0.1, 0.15) is 5.52 Å². The van der Waals surface area contributed by atoms with Gasteiger partial charge in [0.05, 0.1) is 17.9 Å². The van der Waals surface area contributed by atoms with E-state index in [1.54, 1.807) is 12.3 Å². The van der Waals surface area contributed by atoms with Crippen molar-refractivity contribution in [2.75, 3.05) is 6.61 Å². The summed E-state index contributed by atoms with van der Waals surface area (Å²) in [6.07, 6.45) is 2.68. The summed E-state index contributed by atoms with van der Waals surface area (Å²) in [5.41, 5.74) is 4.94. The fourth-order valence-electron chi connectivity index (χ4n) is 3.46. The van der Waals surface area contributed by atoms with E-state index in [0.29, 0.717) is 39.9 Å². The number of aliphatic imine (C=N–C) groups is 1. The van der Waals surface area contributed by atoms with Crippen LogP contribution in [0.25, 0.3) is 22.6 Å². The van der Waals surface area contributed by atoms with E-state index < -0.39 is 0 Å². The number of hydrogen-bond donors (Lipinski definition) is 1. The van der Waals surface area contributed by atoms with Gasteiger partial charge in [0.25, 0.3) is 0 Å². The van der Waals surface area contributed by atoms with E-state index in [1.165, 1.54) is 5.56 Å². The summed E-state index contributed by atoms with van der Waals surface area (Å²) in [5, 5.41) is 10.6. The number of nitrogens with zero attached hydrogens (tertiary/aromatic N) is 2. The zero-order chi connectivity index (χ0) is 23.5. The van der Waals surface area contributed by atoms with E-state index in [1.807, 2.05) is 37.3 Å². The minimum atomic E-state index is 0.0305. The van der Waals surface area contributed by atoms with Crippen LogP contribution in [-0.2, 0) is 0 Å².